The highest BCUT2D eigenvalue weighted by Gasteiger charge is 2.19. The molecule has 0 spiro atoms. The number of amides is 1. The third kappa shape index (κ3) is 2.80. The van der Waals surface area contributed by atoms with Crippen molar-refractivity contribution in [1.82, 2.24) is 20.1 Å². The zero-order valence-electron chi connectivity index (χ0n) is 12.1. The van der Waals surface area contributed by atoms with E-state index >= 15 is 0 Å². The molecule has 20 heavy (non-hydrogen) atoms. The average molecular weight is 339 g/mol. The Labute approximate surface area is 126 Å². The molecular weight excluding hydrogens is 320 g/mol. The summed E-state index contributed by atoms with van der Waals surface area (Å²) in [5, 5.41) is 9.88. The number of aromatic amines is 1. The molecule has 2 aromatic heterocycles. The summed E-state index contributed by atoms with van der Waals surface area (Å²) in [6.45, 7) is 6.61. The Bertz CT molecular complexity index is 627. The number of H-pyrrole nitrogens is 1. The van der Waals surface area contributed by atoms with Crippen molar-refractivity contribution in [2.24, 2.45) is 7.05 Å². The van der Waals surface area contributed by atoms with E-state index in [1.165, 1.54) is 0 Å². The van der Waals surface area contributed by atoms with Crippen LogP contribution < -0.4 is 5.32 Å². The van der Waals surface area contributed by atoms with Gasteiger partial charge in [-0.05, 0) is 40.9 Å². The molecule has 0 fully saturated rings. The van der Waals surface area contributed by atoms with Gasteiger partial charge in [-0.2, -0.15) is 5.10 Å². The first-order chi connectivity index (χ1) is 9.41. The van der Waals surface area contributed by atoms with Crippen molar-refractivity contribution in [1.29, 1.82) is 0 Å². The topological polar surface area (TPSA) is 62.7 Å². The largest absolute Gasteiger partial charge is 0.350 e. The molecule has 108 valence electrons. The van der Waals surface area contributed by atoms with E-state index in [4.69, 9.17) is 0 Å². The predicted octanol–water partition coefficient (Wildman–Crippen LogP) is 2.87. The molecule has 2 rings (SSSR count). The molecule has 0 bridgehead atoms. The monoisotopic (exact) mass is 338 g/mol. The minimum atomic E-state index is -0.182. The molecule has 0 unspecified atom stereocenters. The first-order valence-electron chi connectivity index (χ1n) is 6.55. The lowest BCUT2D eigenvalue weighted by Gasteiger charge is -2.07. The fourth-order valence-corrected chi connectivity index (χ4v) is 2.79. The Balaban J connectivity index is 2.07. The number of halogens is 1. The van der Waals surface area contributed by atoms with Crippen LogP contribution in [0.3, 0.4) is 0 Å². The number of hydrogen-bond donors (Lipinski definition) is 2. The van der Waals surface area contributed by atoms with Gasteiger partial charge in [0.1, 0.15) is 0 Å². The first kappa shape index (κ1) is 14.8. The minimum absolute atomic E-state index is 0.182. The van der Waals surface area contributed by atoms with Crippen LogP contribution in [0.25, 0.3) is 0 Å². The molecule has 0 aliphatic heterocycles. The lowest BCUT2D eigenvalue weighted by molar-refractivity contribution is 0.0944. The molecule has 1 amide bonds. The van der Waals surface area contributed by atoms with Crippen LogP contribution in [0.1, 0.15) is 47.3 Å². The van der Waals surface area contributed by atoms with Gasteiger partial charge in [-0.25, -0.2) is 0 Å². The van der Waals surface area contributed by atoms with E-state index in [9.17, 15) is 4.79 Å². The van der Waals surface area contributed by atoms with Gasteiger partial charge >= 0.3 is 0 Å². The fourth-order valence-electron chi connectivity index (χ4n) is 1.97. The standard InChI is InChI=1S/C14H19BrN4O/c1-8(2)12-11(15)13(18-17-12)14(20)16-7-10-6-5-9(3)19(10)4/h5-6,8H,7H2,1-4H3,(H,16,20)(H,17,18). The summed E-state index contributed by atoms with van der Waals surface area (Å²) >= 11 is 3.44. The Morgan fingerprint density at radius 3 is 2.70 bits per heavy atom. The van der Waals surface area contributed by atoms with Crippen molar-refractivity contribution in [3.63, 3.8) is 0 Å². The van der Waals surface area contributed by atoms with Crippen LogP contribution >= 0.6 is 15.9 Å². The van der Waals surface area contributed by atoms with Gasteiger partial charge < -0.3 is 9.88 Å². The third-order valence-electron chi connectivity index (χ3n) is 3.43. The molecule has 0 saturated carbocycles. The molecular formula is C14H19BrN4O. The number of rotatable bonds is 4. The molecule has 0 saturated heterocycles. The Morgan fingerprint density at radius 1 is 1.50 bits per heavy atom. The molecule has 0 aromatic carbocycles. The van der Waals surface area contributed by atoms with E-state index in [1.807, 2.05) is 40.0 Å². The number of nitrogens with one attached hydrogen (secondary N) is 2. The Hall–Kier alpha value is -1.56. The van der Waals surface area contributed by atoms with E-state index < -0.39 is 0 Å². The Morgan fingerprint density at radius 2 is 2.20 bits per heavy atom. The van der Waals surface area contributed by atoms with Crippen LogP contribution in [0.15, 0.2) is 16.6 Å². The Kier molecular flexibility index (Phi) is 4.32. The molecule has 0 aliphatic carbocycles. The van der Waals surface area contributed by atoms with Crippen LogP contribution in [0, 0.1) is 6.92 Å². The van der Waals surface area contributed by atoms with Crippen LogP contribution in [0.5, 0.6) is 0 Å². The second-order valence-electron chi connectivity index (χ2n) is 5.16. The van der Waals surface area contributed by atoms with Crippen molar-refractivity contribution < 1.29 is 4.79 Å². The van der Waals surface area contributed by atoms with Crippen molar-refractivity contribution in [3.05, 3.63) is 39.4 Å². The maximum atomic E-state index is 12.2. The van der Waals surface area contributed by atoms with Crippen LogP contribution in [-0.4, -0.2) is 20.7 Å². The van der Waals surface area contributed by atoms with Crippen LogP contribution in [-0.2, 0) is 13.6 Å². The van der Waals surface area contributed by atoms with Gasteiger partial charge in [-0.15, -0.1) is 0 Å². The van der Waals surface area contributed by atoms with Crippen LogP contribution in [0.4, 0.5) is 0 Å². The predicted molar refractivity (Wildman–Crippen MR) is 81.7 cm³/mol. The maximum absolute atomic E-state index is 12.2. The number of carbonyl (C=O) groups excluding carboxylic acids is 1. The lowest BCUT2D eigenvalue weighted by atomic mass is 10.1. The molecule has 2 heterocycles. The summed E-state index contributed by atoms with van der Waals surface area (Å²) < 4.78 is 2.80. The number of aromatic nitrogens is 3. The van der Waals surface area contributed by atoms with Gasteiger partial charge in [-0.3, -0.25) is 9.89 Å². The molecule has 0 radical (unpaired) electrons. The number of hydrogen-bond acceptors (Lipinski definition) is 2. The summed E-state index contributed by atoms with van der Waals surface area (Å²) in [5.41, 5.74) is 3.56. The summed E-state index contributed by atoms with van der Waals surface area (Å²) in [7, 11) is 1.98. The molecule has 0 aliphatic rings. The zero-order chi connectivity index (χ0) is 14.9. The van der Waals surface area contributed by atoms with Gasteiger partial charge in [0.15, 0.2) is 5.69 Å². The van der Waals surface area contributed by atoms with Crippen molar-refractivity contribution in [2.75, 3.05) is 0 Å². The van der Waals surface area contributed by atoms with Gasteiger partial charge in [0.05, 0.1) is 16.7 Å². The van der Waals surface area contributed by atoms with Crippen molar-refractivity contribution in [2.45, 2.75) is 33.2 Å². The number of aryl methyl sites for hydroxylation is 1. The second-order valence-corrected chi connectivity index (χ2v) is 5.96. The highest BCUT2D eigenvalue weighted by atomic mass is 79.9. The maximum Gasteiger partial charge on any atom is 0.273 e. The summed E-state index contributed by atoms with van der Waals surface area (Å²) in [6.07, 6.45) is 0. The van der Waals surface area contributed by atoms with Crippen molar-refractivity contribution >= 4 is 21.8 Å². The quantitative estimate of drug-likeness (QED) is 0.900. The average Bonchev–Trinajstić information content (AvgIpc) is 2.92. The fraction of sp³-hybridized carbons (Fsp3) is 0.429. The normalized spacial score (nSPS) is 11.1. The second kappa shape index (κ2) is 5.83. The molecule has 2 N–H and O–H groups in total. The summed E-state index contributed by atoms with van der Waals surface area (Å²) in [6, 6.07) is 4.04. The van der Waals surface area contributed by atoms with E-state index in [2.05, 4.69) is 36.0 Å². The van der Waals surface area contributed by atoms with E-state index in [1.54, 1.807) is 0 Å². The van der Waals surface area contributed by atoms with Gasteiger partial charge in [0, 0.05) is 18.4 Å². The minimum Gasteiger partial charge on any atom is -0.350 e. The van der Waals surface area contributed by atoms with E-state index in [0.717, 1.165) is 21.6 Å². The highest BCUT2D eigenvalue weighted by molar-refractivity contribution is 9.10. The van der Waals surface area contributed by atoms with Crippen LogP contribution in [0.2, 0.25) is 0 Å². The van der Waals surface area contributed by atoms with Gasteiger partial charge in [-0.1, -0.05) is 13.8 Å². The van der Waals surface area contributed by atoms with E-state index in [0.29, 0.717) is 12.2 Å². The molecule has 0 atom stereocenters. The summed E-state index contributed by atoms with van der Waals surface area (Å²) in [4.78, 5) is 12.2. The highest BCUT2D eigenvalue weighted by Crippen LogP contribution is 2.25. The summed E-state index contributed by atoms with van der Waals surface area (Å²) in [5.74, 6) is 0.104. The van der Waals surface area contributed by atoms with Gasteiger partial charge in [0.2, 0.25) is 0 Å². The third-order valence-corrected chi connectivity index (χ3v) is 4.23. The SMILES string of the molecule is Cc1ccc(CNC(=O)c2n[nH]c(C(C)C)c2Br)n1C. The smallest absolute Gasteiger partial charge is 0.273 e. The number of nitrogens with zero attached hydrogens (tertiary/aromatic N) is 2. The molecule has 5 nitrogen and oxygen atoms in total. The lowest BCUT2D eigenvalue weighted by Crippen LogP contribution is -2.24. The van der Waals surface area contributed by atoms with Gasteiger partial charge in [0.25, 0.3) is 5.91 Å². The first-order valence-corrected chi connectivity index (χ1v) is 7.34. The zero-order valence-corrected chi connectivity index (χ0v) is 13.7. The molecule has 6 heteroatoms. The molecule has 2 aromatic rings. The van der Waals surface area contributed by atoms with Crippen molar-refractivity contribution in [3.8, 4) is 0 Å². The van der Waals surface area contributed by atoms with E-state index in [-0.39, 0.29) is 11.8 Å². The number of carbonyl (C=O) groups is 1.